The number of rotatable bonds is 7. The average molecular weight is 297 g/mol. The van der Waals surface area contributed by atoms with Crippen molar-refractivity contribution in [1.29, 1.82) is 0 Å². The number of benzene rings is 1. The molecule has 0 unspecified atom stereocenters. The second kappa shape index (κ2) is 7.50. The Kier molecular flexibility index (Phi) is 5.68. The van der Waals surface area contributed by atoms with E-state index in [1.165, 1.54) is 25.9 Å². The molecule has 0 saturated carbocycles. The highest BCUT2D eigenvalue weighted by atomic mass is 35.5. The van der Waals surface area contributed by atoms with Gasteiger partial charge < -0.3 is 14.9 Å². The zero-order valence-electron chi connectivity index (χ0n) is 11.6. The van der Waals surface area contributed by atoms with Gasteiger partial charge in [0, 0.05) is 17.3 Å². The van der Waals surface area contributed by atoms with Gasteiger partial charge >= 0.3 is 5.97 Å². The van der Waals surface area contributed by atoms with Crippen molar-refractivity contribution in [3.63, 3.8) is 0 Å². The summed E-state index contributed by atoms with van der Waals surface area (Å²) < 4.78 is 0. The largest absolute Gasteiger partial charge is 0.480 e. The number of carboxylic acid groups (broad SMARTS) is 1. The minimum absolute atomic E-state index is 0.0142. The molecule has 4 nitrogen and oxygen atoms in total. The van der Waals surface area contributed by atoms with E-state index in [2.05, 4.69) is 4.90 Å². The van der Waals surface area contributed by atoms with Gasteiger partial charge in [-0.25, -0.2) is 0 Å². The minimum atomic E-state index is -0.814. The summed E-state index contributed by atoms with van der Waals surface area (Å²) in [5, 5.41) is 9.68. The molecule has 0 spiro atoms. The van der Waals surface area contributed by atoms with Gasteiger partial charge in [0.25, 0.3) is 0 Å². The zero-order chi connectivity index (χ0) is 14.4. The van der Waals surface area contributed by atoms with Crippen LogP contribution in [-0.2, 0) is 4.79 Å². The Bertz CT molecular complexity index is 447. The summed E-state index contributed by atoms with van der Waals surface area (Å²) in [4.78, 5) is 15.3. The monoisotopic (exact) mass is 296 g/mol. The lowest BCUT2D eigenvalue weighted by atomic mass is 10.2. The van der Waals surface area contributed by atoms with Crippen molar-refractivity contribution in [2.75, 3.05) is 37.6 Å². The maximum atomic E-state index is 11.0. The lowest BCUT2D eigenvalue weighted by molar-refractivity contribution is -0.135. The fraction of sp³-hybridized carbons (Fsp3) is 0.533. The molecule has 1 aromatic rings. The summed E-state index contributed by atoms with van der Waals surface area (Å²) in [7, 11) is 0. The third-order valence-electron chi connectivity index (χ3n) is 3.60. The van der Waals surface area contributed by atoms with Gasteiger partial charge in [0.2, 0.25) is 0 Å². The molecule has 1 aliphatic rings. The molecule has 110 valence electrons. The summed E-state index contributed by atoms with van der Waals surface area (Å²) in [5.74, 6) is -0.814. The van der Waals surface area contributed by atoms with Gasteiger partial charge in [-0.05, 0) is 57.1 Å². The summed E-state index contributed by atoms with van der Waals surface area (Å²) in [6.07, 6.45) is 3.54. The van der Waals surface area contributed by atoms with Gasteiger partial charge in [-0.1, -0.05) is 17.7 Å². The minimum Gasteiger partial charge on any atom is -0.480 e. The standard InChI is InChI=1S/C15H21ClN2O2/c16-13-5-3-6-14(11-13)18(12-15(19)20)10-4-9-17-7-1-2-8-17/h3,5-6,11H,1-2,4,7-10,12H2,(H,19,20). The third-order valence-corrected chi connectivity index (χ3v) is 3.84. The first kappa shape index (κ1) is 15.1. The Labute approximate surface area is 124 Å². The molecule has 0 atom stereocenters. The molecule has 1 saturated heterocycles. The van der Waals surface area contributed by atoms with Crippen molar-refractivity contribution in [2.45, 2.75) is 19.3 Å². The summed E-state index contributed by atoms with van der Waals surface area (Å²) in [6.45, 7) is 4.15. The van der Waals surface area contributed by atoms with Gasteiger partial charge in [-0.3, -0.25) is 4.79 Å². The van der Waals surface area contributed by atoms with Crippen LogP contribution >= 0.6 is 11.6 Å². The zero-order valence-corrected chi connectivity index (χ0v) is 12.4. The Balaban J connectivity index is 1.91. The first-order chi connectivity index (χ1) is 9.65. The van der Waals surface area contributed by atoms with Crippen LogP contribution in [0.15, 0.2) is 24.3 Å². The van der Waals surface area contributed by atoms with Crippen LogP contribution < -0.4 is 4.90 Å². The van der Waals surface area contributed by atoms with E-state index in [-0.39, 0.29) is 6.54 Å². The highest BCUT2D eigenvalue weighted by Crippen LogP contribution is 2.20. The second-order valence-electron chi connectivity index (χ2n) is 5.20. The number of anilines is 1. The maximum Gasteiger partial charge on any atom is 0.323 e. The van der Waals surface area contributed by atoms with Gasteiger partial charge in [0.1, 0.15) is 6.54 Å². The van der Waals surface area contributed by atoms with Crippen molar-refractivity contribution < 1.29 is 9.90 Å². The predicted octanol–water partition coefficient (Wildman–Crippen LogP) is 2.72. The molecule has 1 fully saturated rings. The number of nitrogens with zero attached hydrogens (tertiary/aromatic N) is 2. The molecular formula is C15H21ClN2O2. The molecule has 0 radical (unpaired) electrons. The van der Waals surface area contributed by atoms with Crippen LogP contribution in [-0.4, -0.2) is 48.7 Å². The molecule has 5 heteroatoms. The Hall–Kier alpha value is -1.26. The van der Waals surface area contributed by atoms with Crippen molar-refractivity contribution in [3.8, 4) is 0 Å². The van der Waals surface area contributed by atoms with E-state index >= 15 is 0 Å². The molecule has 20 heavy (non-hydrogen) atoms. The fourth-order valence-corrected chi connectivity index (χ4v) is 2.81. The molecule has 0 aliphatic carbocycles. The topological polar surface area (TPSA) is 43.8 Å². The van der Waals surface area contributed by atoms with Gasteiger partial charge in [-0.2, -0.15) is 0 Å². The van der Waals surface area contributed by atoms with Crippen molar-refractivity contribution in [2.24, 2.45) is 0 Å². The highest BCUT2D eigenvalue weighted by Gasteiger charge is 2.14. The maximum absolute atomic E-state index is 11.0. The number of likely N-dealkylation sites (tertiary alicyclic amines) is 1. The smallest absolute Gasteiger partial charge is 0.323 e. The number of carbonyl (C=O) groups is 1. The molecule has 1 heterocycles. The normalized spacial score (nSPS) is 15.4. The van der Waals surface area contributed by atoms with Gasteiger partial charge in [-0.15, -0.1) is 0 Å². The van der Waals surface area contributed by atoms with E-state index in [9.17, 15) is 4.79 Å². The number of halogens is 1. The first-order valence-electron chi connectivity index (χ1n) is 7.10. The number of hydrogen-bond acceptors (Lipinski definition) is 3. The third kappa shape index (κ3) is 4.69. The second-order valence-corrected chi connectivity index (χ2v) is 5.63. The number of carboxylic acids is 1. The SMILES string of the molecule is O=C(O)CN(CCCN1CCCC1)c1cccc(Cl)c1. The van der Waals surface area contributed by atoms with E-state index in [0.717, 1.165) is 25.2 Å². The van der Waals surface area contributed by atoms with Crippen LogP contribution in [0.1, 0.15) is 19.3 Å². The van der Waals surface area contributed by atoms with Crippen LogP contribution in [0.25, 0.3) is 0 Å². The van der Waals surface area contributed by atoms with Crippen LogP contribution in [0.4, 0.5) is 5.69 Å². The average Bonchev–Trinajstić information content (AvgIpc) is 2.90. The number of hydrogen-bond donors (Lipinski definition) is 1. The quantitative estimate of drug-likeness (QED) is 0.840. The van der Waals surface area contributed by atoms with Crippen molar-refractivity contribution in [1.82, 2.24) is 4.90 Å². The lowest BCUT2D eigenvalue weighted by Gasteiger charge is -2.24. The Morgan fingerprint density at radius 2 is 2.10 bits per heavy atom. The molecule has 0 aromatic heterocycles. The van der Waals surface area contributed by atoms with Crippen molar-refractivity contribution >= 4 is 23.3 Å². The molecule has 0 bridgehead atoms. The molecule has 2 rings (SSSR count). The molecule has 0 amide bonds. The van der Waals surface area contributed by atoms with E-state index in [1.807, 2.05) is 23.1 Å². The highest BCUT2D eigenvalue weighted by molar-refractivity contribution is 6.30. The molecular weight excluding hydrogens is 276 g/mol. The van der Waals surface area contributed by atoms with Crippen LogP contribution in [0.3, 0.4) is 0 Å². The van der Waals surface area contributed by atoms with Crippen molar-refractivity contribution in [3.05, 3.63) is 29.3 Å². The van der Waals surface area contributed by atoms with Gasteiger partial charge in [0.15, 0.2) is 0 Å². The molecule has 1 aliphatic heterocycles. The van der Waals surface area contributed by atoms with Crippen LogP contribution in [0, 0.1) is 0 Å². The van der Waals surface area contributed by atoms with Crippen LogP contribution in [0.5, 0.6) is 0 Å². The Morgan fingerprint density at radius 3 is 2.75 bits per heavy atom. The Morgan fingerprint density at radius 1 is 1.35 bits per heavy atom. The fourth-order valence-electron chi connectivity index (χ4n) is 2.63. The predicted molar refractivity (Wildman–Crippen MR) is 81.6 cm³/mol. The van der Waals surface area contributed by atoms with E-state index in [1.54, 1.807) is 6.07 Å². The molecule has 1 aromatic carbocycles. The van der Waals surface area contributed by atoms with Gasteiger partial charge in [0.05, 0.1) is 0 Å². The van der Waals surface area contributed by atoms with E-state index in [0.29, 0.717) is 5.02 Å². The molecule has 1 N–H and O–H groups in total. The summed E-state index contributed by atoms with van der Waals surface area (Å²) >= 11 is 5.98. The lowest BCUT2D eigenvalue weighted by Crippen LogP contribution is -2.32. The first-order valence-corrected chi connectivity index (χ1v) is 7.47. The van der Waals surface area contributed by atoms with E-state index < -0.39 is 5.97 Å². The summed E-state index contributed by atoms with van der Waals surface area (Å²) in [5.41, 5.74) is 0.876. The number of aliphatic carboxylic acids is 1. The van der Waals surface area contributed by atoms with E-state index in [4.69, 9.17) is 16.7 Å². The summed E-state index contributed by atoms with van der Waals surface area (Å²) in [6, 6.07) is 7.38. The van der Waals surface area contributed by atoms with Crippen LogP contribution in [0.2, 0.25) is 5.02 Å².